The molecule has 0 spiro atoms. The fourth-order valence-electron chi connectivity index (χ4n) is 1.55. The first-order chi connectivity index (χ1) is 9.08. The minimum Gasteiger partial charge on any atom is -0.507 e. The van der Waals surface area contributed by atoms with E-state index in [1.54, 1.807) is 6.92 Å². The second kappa shape index (κ2) is 5.47. The smallest absolute Gasteiger partial charge is 0.258 e. The third-order valence-electron chi connectivity index (χ3n) is 2.41. The van der Waals surface area contributed by atoms with Gasteiger partial charge in [-0.1, -0.05) is 11.2 Å². The van der Waals surface area contributed by atoms with Crippen molar-refractivity contribution in [1.29, 1.82) is 0 Å². The zero-order chi connectivity index (χ0) is 13.8. The van der Waals surface area contributed by atoms with Crippen molar-refractivity contribution in [3.8, 4) is 5.75 Å². The molecule has 6 nitrogen and oxygen atoms in total. The molecule has 19 heavy (non-hydrogen) atoms. The van der Waals surface area contributed by atoms with Gasteiger partial charge in [-0.3, -0.25) is 4.79 Å². The van der Waals surface area contributed by atoms with Gasteiger partial charge in [-0.15, -0.1) is 0 Å². The number of nitrogens with one attached hydrogen (secondary N) is 1. The van der Waals surface area contributed by atoms with Gasteiger partial charge in [0.05, 0.1) is 0 Å². The van der Waals surface area contributed by atoms with Crippen molar-refractivity contribution < 1.29 is 18.8 Å². The van der Waals surface area contributed by atoms with Gasteiger partial charge in [-0.05, 0) is 19.1 Å². The van der Waals surface area contributed by atoms with Crippen LogP contribution in [0, 0.1) is 12.7 Å². The molecule has 0 bridgehead atoms. The molecule has 0 unspecified atom stereocenters. The van der Waals surface area contributed by atoms with Crippen molar-refractivity contribution in [1.82, 2.24) is 15.5 Å². The van der Waals surface area contributed by atoms with Crippen molar-refractivity contribution in [2.75, 3.05) is 6.54 Å². The second-order valence-electron chi connectivity index (χ2n) is 3.88. The number of benzene rings is 1. The molecule has 7 heteroatoms. The molecule has 2 N–H and O–H groups in total. The Morgan fingerprint density at radius 2 is 2.32 bits per heavy atom. The van der Waals surface area contributed by atoms with E-state index in [-0.39, 0.29) is 12.1 Å². The van der Waals surface area contributed by atoms with Gasteiger partial charge in [-0.2, -0.15) is 4.98 Å². The van der Waals surface area contributed by atoms with E-state index in [1.807, 2.05) is 0 Å². The predicted molar refractivity (Wildman–Crippen MR) is 63.1 cm³/mol. The van der Waals surface area contributed by atoms with E-state index in [2.05, 4.69) is 15.5 Å². The summed E-state index contributed by atoms with van der Waals surface area (Å²) in [5.74, 6) is -0.965. The Balaban J connectivity index is 1.94. The Morgan fingerprint density at radius 3 is 2.95 bits per heavy atom. The van der Waals surface area contributed by atoms with E-state index in [0.29, 0.717) is 18.1 Å². The monoisotopic (exact) mass is 265 g/mol. The van der Waals surface area contributed by atoms with Crippen molar-refractivity contribution in [3.05, 3.63) is 41.3 Å². The normalized spacial score (nSPS) is 10.4. The van der Waals surface area contributed by atoms with E-state index in [0.717, 1.165) is 6.07 Å². The van der Waals surface area contributed by atoms with Gasteiger partial charge >= 0.3 is 0 Å². The van der Waals surface area contributed by atoms with Gasteiger partial charge in [0.15, 0.2) is 5.82 Å². The number of phenols is 1. The summed E-state index contributed by atoms with van der Waals surface area (Å²) in [5.41, 5.74) is -0.371. The summed E-state index contributed by atoms with van der Waals surface area (Å²) in [6.45, 7) is 1.89. The summed E-state index contributed by atoms with van der Waals surface area (Å²) in [7, 11) is 0. The molecule has 2 rings (SSSR count). The molecule has 0 atom stereocenters. The van der Waals surface area contributed by atoms with Crippen LogP contribution in [0.1, 0.15) is 22.1 Å². The number of amides is 1. The predicted octanol–water partition coefficient (Wildman–Crippen LogP) is 1.20. The summed E-state index contributed by atoms with van der Waals surface area (Å²) in [5, 5.41) is 15.5. The third kappa shape index (κ3) is 3.06. The highest BCUT2D eigenvalue weighted by atomic mass is 19.1. The maximum atomic E-state index is 13.4. The molecule has 1 amide bonds. The van der Waals surface area contributed by atoms with Crippen LogP contribution in [0.5, 0.6) is 5.75 Å². The molecule has 2 aromatic rings. The summed E-state index contributed by atoms with van der Waals surface area (Å²) < 4.78 is 18.3. The molecule has 0 aliphatic heterocycles. The Hall–Kier alpha value is -2.44. The highest BCUT2D eigenvalue weighted by Gasteiger charge is 2.16. The quantitative estimate of drug-likeness (QED) is 0.867. The van der Waals surface area contributed by atoms with Crippen LogP contribution in [-0.4, -0.2) is 27.7 Å². The van der Waals surface area contributed by atoms with Gasteiger partial charge in [0.25, 0.3) is 5.91 Å². The Morgan fingerprint density at radius 1 is 1.53 bits per heavy atom. The maximum Gasteiger partial charge on any atom is 0.258 e. The number of hydrogen-bond donors (Lipinski definition) is 2. The van der Waals surface area contributed by atoms with Crippen LogP contribution in [0.25, 0.3) is 0 Å². The number of phenolic OH excluding ortho intramolecular Hbond substituents is 1. The Bertz CT molecular complexity index is 577. The molecule has 0 radical (unpaired) electrons. The Labute approximate surface area is 108 Å². The van der Waals surface area contributed by atoms with Crippen molar-refractivity contribution in [3.63, 3.8) is 0 Å². The molecule has 0 fully saturated rings. The minimum absolute atomic E-state index is 0.203. The average molecular weight is 265 g/mol. The fraction of sp³-hybridized carbons (Fsp3) is 0.250. The van der Waals surface area contributed by atoms with Crippen LogP contribution in [0.2, 0.25) is 0 Å². The van der Waals surface area contributed by atoms with Gasteiger partial charge < -0.3 is 14.9 Å². The fourth-order valence-corrected chi connectivity index (χ4v) is 1.55. The SMILES string of the molecule is Cc1noc(CCNC(=O)c2c(O)cccc2F)n1. The maximum absolute atomic E-state index is 13.4. The summed E-state index contributed by atoms with van der Waals surface area (Å²) in [4.78, 5) is 15.7. The molecule has 1 aromatic heterocycles. The molecular formula is C12H12FN3O3. The van der Waals surface area contributed by atoms with Crippen LogP contribution in [0.15, 0.2) is 22.7 Å². The lowest BCUT2D eigenvalue weighted by Gasteiger charge is -2.06. The topological polar surface area (TPSA) is 88.2 Å². The number of rotatable bonds is 4. The second-order valence-corrected chi connectivity index (χ2v) is 3.88. The summed E-state index contributed by atoms with van der Waals surface area (Å²) in [6, 6.07) is 3.68. The number of aromatic nitrogens is 2. The van der Waals surface area contributed by atoms with Crippen molar-refractivity contribution >= 4 is 5.91 Å². The number of hydrogen-bond acceptors (Lipinski definition) is 5. The molecule has 1 aromatic carbocycles. The first-order valence-corrected chi connectivity index (χ1v) is 5.63. The molecule has 1 heterocycles. The number of nitrogens with zero attached hydrogens (tertiary/aromatic N) is 2. The number of carbonyl (C=O) groups is 1. The first kappa shape index (κ1) is 13.0. The molecular weight excluding hydrogens is 253 g/mol. The zero-order valence-corrected chi connectivity index (χ0v) is 10.2. The van der Waals surface area contributed by atoms with Gasteiger partial charge in [0.2, 0.25) is 5.89 Å². The van der Waals surface area contributed by atoms with Crippen LogP contribution in [-0.2, 0) is 6.42 Å². The number of halogens is 1. The van der Waals surface area contributed by atoms with E-state index in [1.165, 1.54) is 12.1 Å². The lowest BCUT2D eigenvalue weighted by Crippen LogP contribution is -2.26. The van der Waals surface area contributed by atoms with Crippen molar-refractivity contribution in [2.24, 2.45) is 0 Å². The standard InChI is InChI=1S/C12H12FN3O3/c1-7-15-10(19-16-7)5-6-14-12(18)11-8(13)3-2-4-9(11)17/h2-4,17H,5-6H2,1H3,(H,14,18). The van der Waals surface area contributed by atoms with E-state index in [4.69, 9.17) is 4.52 Å². The number of aromatic hydroxyl groups is 1. The highest BCUT2D eigenvalue weighted by molar-refractivity contribution is 5.97. The minimum atomic E-state index is -0.772. The zero-order valence-electron chi connectivity index (χ0n) is 10.2. The molecule has 0 aliphatic carbocycles. The van der Waals surface area contributed by atoms with Crippen LogP contribution in [0.4, 0.5) is 4.39 Å². The van der Waals surface area contributed by atoms with Crippen LogP contribution < -0.4 is 5.32 Å². The first-order valence-electron chi connectivity index (χ1n) is 5.63. The van der Waals surface area contributed by atoms with Gasteiger partial charge in [-0.25, -0.2) is 4.39 Å². The Kier molecular flexibility index (Phi) is 3.74. The number of carbonyl (C=O) groups excluding carboxylic acids is 1. The molecule has 0 aliphatic rings. The highest BCUT2D eigenvalue weighted by Crippen LogP contribution is 2.19. The summed E-state index contributed by atoms with van der Waals surface area (Å²) in [6.07, 6.45) is 0.335. The number of aryl methyl sites for hydroxylation is 1. The summed E-state index contributed by atoms with van der Waals surface area (Å²) >= 11 is 0. The molecule has 0 saturated carbocycles. The van der Waals surface area contributed by atoms with Gasteiger partial charge in [0, 0.05) is 13.0 Å². The van der Waals surface area contributed by atoms with E-state index in [9.17, 15) is 14.3 Å². The largest absolute Gasteiger partial charge is 0.507 e. The van der Waals surface area contributed by atoms with E-state index >= 15 is 0 Å². The van der Waals surface area contributed by atoms with Gasteiger partial charge in [0.1, 0.15) is 17.1 Å². The average Bonchev–Trinajstić information content (AvgIpc) is 2.75. The van der Waals surface area contributed by atoms with Crippen LogP contribution >= 0.6 is 0 Å². The third-order valence-corrected chi connectivity index (χ3v) is 2.41. The lowest BCUT2D eigenvalue weighted by molar-refractivity contribution is 0.0946. The van der Waals surface area contributed by atoms with Crippen LogP contribution in [0.3, 0.4) is 0 Å². The van der Waals surface area contributed by atoms with Crippen molar-refractivity contribution in [2.45, 2.75) is 13.3 Å². The lowest BCUT2D eigenvalue weighted by atomic mass is 10.1. The molecule has 0 saturated heterocycles. The van der Waals surface area contributed by atoms with E-state index < -0.39 is 17.5 Å². The molecule has 100 valence electrons.